The Bertz CT molecular complexity index is 1670. The summed E-state index contributed by atoms with van der Waals surface area (Å²) in [7, 11) is 0. The minimum Gasteiger partial charge on any atom is -0.436 e. The van der Waals surface area contributed by atoms with Gasteiger partial charge in [-0.2, -0.15) is 0 Å². The second-order valence-electron chi connectivity index (χ2n) is 10.7. The maximum Gasteiger partial charge on any atom is 0.323 e. The number of aromatic nitrogens is 2. The number of hydrogen-bond acceptors (Lipinski definition) is 7. The first-order valence-electron chi connectivity index (χ1n) is 14.4. The average molecular weight is 597 g/mol. The van der Waals surface area contributed by atoms with Gasteiger partial charge >= 0.3 is 6.03 Å². The molecule has 0 aliphatic carbocycles. The fourth-order valence-electron chi connectivity index (χ4n) is 5.21. The number of nitrogens with one attached hydrogen (secondary N) is 3. The number of anilines is 3. The van der Waals surface area contributed by atoms with Gasteiger partial charge in [-0.25, -0.2) is 14.8 Å². The quantitative estimate of drug-likeness (QED) is 0.148. The van der Waals surface area contributed by atoms with E-state index in [-0.39, 0.29) is 12.1 Å². The Kier molecular flexibility index (Phi) is 8.83. The zero-order valence-electron chi connectivity index (χ0n) is 23.6. The number of benzene rings is 3. The molecular formula is C33H33ClN6O3. The summed E-state index contributed by atoms with van der Waals surface area (Å²) in [5, 5.41) is 20.0. The van der Waals surface area contributed by atoms with E-state index in [0.717, 1.165) is 55.7 Å². The molecule has 10 heteroatoms. The molecule has 0 radical (unpaired) electrons. The molecule has 2 aromatic heterocycles. The lowest BCUT2D eigenvalue weighted by molar-refractivity contribution is 0.0792. The van der Waals surface area contributed by atoms with Crippen LogP contribution in [0.25, 0.3) is 22.4 Å². The van der Waals surface area contributed by atoms with E-state index >= 15 is 0 Å². The van der Waals surface area contributed by atoms with Crippen molar-refractivity contribution in [2.24, 2.45) is 0 Å². The van der Waals surface area contributed by atoms with Crippen LogP contribution in [0.2, 0.25) is 5.02 Å². The van der Waals surface area contributed by atoms with Crippen molar-refractivity contribution >= 4 is 45.9 Å². The van der Waals surface area contributed by atoms with Crippen LogP contribution in [-0.4, -0.2) is 51.7 Å². The second kappa shape index (κ2) is 13.2. The van der Waals surface area contributed by atoms with E-state index in [1.54, 1.807) is 0 Å². The van der Waals surface area contributed by atoms with Crippen LogP contribution in [0.15, 0.2) is 89.6 Å². The Labute approximate surface area is 254 Å². The SMILES string of the molecule is O=C(Nc1ccc(CCNc2ncnc3oc(-c4ccccc4)c(Cl)c23)cc1)Nc1ccc(CN2CCC(O)CC2)cc1. The number of aliphatic hydroxyl groups excluding tert-OH is 1. The number of fused-ring (bicyclic) bond motifs is 1. The molecule has 0 saturated carbocycles. The van der Waals surface area contributed by atoms with Gasteiger partial charge in [-0.3, -0.25) is 4.90 Å². The van der Waals surface area contributed by atoms with Crippen LogP contribution >= 0.6 is 11.6 Å². The van der Waals surface area contributed by atoms with Crippen LogP contribution in [0.3, 0.4) is 0 Å². The van der Waals surface area contributed by atoms with E-state index in [9.17, 15) is 9.90 Å². The molecular weight excluding hydrogens is 564 g/mol. The van der Waals surface area contributed by atoms with Crippen molar-refractivity contribution in [1.82, 2.24) is 14.9 Å². The Balaban J connectivity index is 0.988. The summed E-state index contributed by atoms with van der Waals surface area (Å²) in [6.45, 7) is 3.27. The number of carbonyl (C=O) groups is 1. The fraction of sp³-hybridized carbons (Fsp3) is 0.242. The molecule has 1 saturated heterocycles. The first kappa shape index (κ1) is 28.7. The molecule has 3 aromatic carbocycles. The third-order valence-corrected chi connectivity index (χ3v) is 7.92. The van der Waals surface area contributed by atoms with Crippen molar-refractivity contribution in [3.63, 3.8) is 0 Å². The predicted octanol–water partition coefficient (Wildman–Crippen LogP) is 6.80. The fourth-order valence-corrected chi connectivity index (χ4v) is 5.53. The molecule has 1 aliphatic rings. The van der Waals surface area contributed by atoms with Gasteiger partial charge in [0, 0.05) is 43.1 Å². The van der Waals surface area contributed by atoms with Crippen LogP contribution in [-0.2, 0) is 13.0 Å². The van der Waals surface area contributed by atoms with Crippen LogP contribution in [0.4, 0.5) is 22.0 Å². The monoisotopic (exact) mass is 596 g/mol. The van der Waals surface area contributed by atoms with Gasteiger partial charge in [0.1, 0.15) is 22.6 Å². The third kappa shape index (κ3) is 7.14. The molecule has 5 aromatic rings. The molecule has 3 heterocycles. The van der Waals surface area contributed by atoms with Gasteiger partial charge in [-0.05, 0) is 54.7 Å². The highest BCUT2D eigenvalue weighted by Crippen LogP contribution is 2.39. The first-order chi connectivity index (χ1) is 21.0. The molecule has 1 aliphatic heterocycles. The molecule has 220 valence electrons. The van der Waals surface area contributed by atoms with Crippen molar-refractivity contribution in [1.29, 1.82) is 0 Å². The van der Waals surface area contributed by atoms with E-state index in [1.807, 2.05) is 78.9 Å². The topological polar surface area (TPSA) is 116 Å². The van der Waals surface area contributed by atoms with Gasteiger partial charge < -0.3 is 25.5 Å². The van der Waals surface area contributed by atoms with Crippen LogP contribution < -0.4 is 16.0 Å². The van der Waals surface area contributed by atoms with Gasteiger partial charge in [-0.15, -0.1) is 0 Å². The summed E-state index contributed by atoms with van der Waals surface area (Å²) >= 11 is 6.69. The predicted molar refractivity (Wildman–Crippen MR) is 170 cm³/mol. The smallest absolute Gasteiger partial charge is 0.323 e. The van der Waals surface area contributed by atoms with Crippen molar-refractivity contribution in [3.05, 3.63) is 101 Å². The summed E-state index contributed by atoms with van der Waals surface area (Å²) in [5.41, 5.74) is 5.03. The van der Waals surface area contributed by atoms with E-state index in [1.165, 1.54) is 11.9 Å². The second-order valence-corrected chi connectivity index (χ2v) is 11.0. The summed E-state index contributed by atoms with van der Waals surface area (Å²) in [4.78, 5) is 23.5. The molecule has 9 nitrogen and oxygen atoms in total. The van der Waals surface area contributed by atoms with E-state index in [0.29, 0.717) is 39.9 Å². The van der Waals surface area contributed by atoms with Crippen molar-refractivity contribution < 1.29 is 14.3 Å². The zero-order chi connectivity index (χ0) is 29.6. The van der Waals surface area contributed by atoms with E-state index in [2.05, 4.69) is 30.8 Å². The molecule has 6 rings (SSSR count). The first-order valence-corrected chi connectivity index (χ1v) is 14.8. The van der Waals surface area contributed by atoms with Crippen molar-refractivity contribution in [2.75, 3.05) is 35.6 Å². The zero-order valence-corrected chi connectivity index (χ0v) is 24.3. The number of likely N-dealkylation sites (tertiary alicyclic amines) is 1. The summed E-state index contributed by atoms with van der Waals surface area (Å²) in [6.07, 6.45) is 3.67. The largest absolute Gasteiger partial charge is 0.436 e. The number of rotatable bonds is 9. The highest BCUT2D eigenvalue weighted by atomic mass is 35.5. The lowest BCUT2D eigenvalue weighted by Gasteiger charge is -2.29. The molecule has 4 N–H and O–H groups in total. The van der Waals surface area contributed by atoms with Gasteiger partial charge in [-0.1, -0.05) is 66.2 Å². The van der Waals surface area contributed by atoms with Gasteiger partial charge in [0.25, 0.3) is 0 Å². The summed E-state index contributed by atoms with van der Waals surface area (Å²) in [5.74, 6) is 1.19. The molecule has 0 bridgehead atoms. The van der Waals surface area contributed by atoms with Gasteiger partial charge in [0.05, 0.1) is 6.10 Å². The molecule has 0 unspecified atom stereocenters. The van der Waals surface area contributed by atoms with Crippen LogP contribution in [0.1, 0.15) is 24.0 Å². The maximum absolute atomic E-state index is 12.6. The Morgan fingerprint density at radius 1 is 0.907 bits per heavy atom. The summed E-state index contributed by atoms with van der Waals surface area (Å²) < 4.78 is 5.94. The number of urea groups is 1. The number of nitrogens with zero attached hydrogens (tertiary/aromatic N) is 3. The van der Waals surface area contributed by atoms with E-state index < -0.39 is 0 Å². The number of piperidine rings is 1. The van der Waals surface area contributed by atoms with Crippen molar-refractivity contribution in [2.45, 2.75) is 31.9 Å². The van der Waals surface area contributed by atoms with Gasteiger partial charge in [0.2, 0.25) is 5.71 Å². The minimum atomic E-state index is -0.299. The molecule has 43 heavy (non-hydrogen) atoms. The maximum atomic E-state index is 12.6. The number of amides is 2. The Hall–Kier alpha value is -4.44. The number of hydrogen-bond donors (Lipinski definition) is 4. The van der Waals surface area contributed by atoms with Crippen LogP contribution in [0, 0.1) is 0 Å². The van der Waals surface area contributed by atoms with E-state index in [4.69, 9.17) is 16.0 Å². The molecule has 2 amide bonds. The average Bonchev–Trinajstić information content (AvgIpc) is 3.37. The van der Waals surface area contributed by atoms with Gasteiger partial charge in [0.15, 0.2) is 5.76 Å². The number of aliphatic hydroxyl groups is 1. The standard InChI is InChI=1S/C33H33ClN6O3/c34-29-28-31(36-21-37-32(28)43-30(29)24-4-2-1-3-5-24)35-17-14-22-6-10-25(11-7-22)38-33(42)39-26-12-8-23(9-13-26)20-40-18-15-27(41)16-19-40/h1-13,21,27,41H,14-20H2,(H,35,36,37)(H2,38,39,42). The Morgan fingerprint density at radius 3 is 2.23 bits per heavy atom. The summed E-state index contributed by atoms with van der Waals surface area (Å²) in [6, 6.07) is 25.0. The van der Waals surface area contributed by atoms with Crippen LogP contribution in [0.5, 0.6) is 0 Å². The third-order valence-electron chi connectivity index (χ3n) is 7.56. The lowest BCUT2D eigenvalue weighted by Crippen LogP contribution is -2.35. The number of halogens is 1. The number of carbonyl (C=O) groups excluding carboxylic acids is 1. The lowest BCUT2D eigenvalue weighted by atomic mass is 10.1. The molecule has 0 spiro atoms. The van der Waals surface area contributed by atoms with Crippen molar-refractivity contribution in [3.8, 4) is 11.3 Å². The number of furan rings is 1. The molecule has 1 fully saturated rings. The Morgan fingerprint density at radius 2 is 1.56 bits per heavy atom. The minimum absolute atomic E-state index is 0.173. The normalized spacial score (nSPS) is 14.1. The highest BCUT2D eigenvalue weighted by molar-refractivity contribution is 6.38. The highest BCUT2D eigenvalue weighted by Gasteiger charge is 2.19. The molecule has 0 atom stereocenters.